The molecule has 0 amide bonds. The molecule has 0 saturated heterocycles. The fourth-order valence-electron chi connectivity index (χ4n) is 2.89. The van der Waals surface area contributed by atoms with Gasteiger partial charge in [0.2, 0.25) is 6.04 Å². The van der Waals surface area contributed by atoms with Gasteiger partial charge in [0.05, 0.1) is 12.2 Å². The van der Waals surface area contributed by atoms with Crippen LogP contribution in [0.15, 0.2) is 53.1 Å². The lowest BCUT2D eigenvalue weighted by Gasteiger charge is -2.24. The van der Waals surface area contributed by atoms with Crippen LogP contribution in [-0.2, 0) is 9.59 Å². The molecule has 2 atom stereocenters. The summed E-state index contributed by atoms with van der Waals surface area (Å²) in [6.07, 6.45) is 1.38. The summed E-state index contributed by atoms with van der Waals surface area (Å²) in [5.74, 6) is -2.69. The van der Waals surface area contributed by atoms with Gasteiger partial charge in [0.15, 0.2) is 0 Å². The summed E-state index contributed by atoms with van der Waals surface area (Å²) in [7, 11) is 0. The highest BCUT2D eigenvalue weighted by molar-refractivity contribution is 6.01. The third kappa shape index (κ3) is 3.53. The van der Waals surface area contributed by atoms with Gasteiger partial charge >= 0.3 is 0 Å². The van der Waals surface area contributed by atoms with Crippen LogP contribution in [0.5, 0.6) is 0 Å². The number of nitrogens with zero attached hydrogens (tertiary/aromatic N) is 1. The van der Waals surface area contributed by atoms with Crippen LogP contribution in [0.25, 0.3) is 0 Å². The first kappa shape index (κ1) is 16.6. The van der Waals surface area contributed by atoms with E-state index >= 15 is 0 Å². The van der Waals surface area contributed by atoms with E-state index in [0.717, 1.165) is 0 Å². The Hall–Kier alpha value is -2.76. The Morgan fingerprint density at radius 2 is 1.65 bits per heavy atom. The van der Waals surface area contributed by atoms with Crippen LogP contribution in [0.3, 0.4) is 0 Å². The molecule has 1 aromatic carbocycles. The number of carbonyl (C=O) groups is 2. The predicted octanol–water partition coefficient (Wildman–Crippen LogP) is 3.18. The van der Waals surface area contributed by atoms with E-state index in [9.17, 15) is 19.7 Å². The molecule has 0 spiro atoms. The molecule has 0 N–H and O–H groups in total. The van der Waals surface area contributed by atoms with Gasteiger partial charge in [0, 0.05) is 10.5 Å². The molecule has 0 unspecified atom stereocenters. The minimum absolute atomic E-state index is 0.256. The minimum Gasteiger partial charge on any atom is -0.469 e. The molecule has 2 rings (SSSR count). The van der Waals surface area contributed by atoms with Crippen molar-refractivity contribution < 1.29 is 18.9 Å². The first-order valence-electron chi connectivity index (χ1n) is 7.16. The highest BCUT2D eigenvalue weighted by Gasteiger charge is 2.45. The Morgan fingerprint density at radius 3 is 2.09 bits per heavy atom. The van der Waals surface area contributed by atoms with E-state index in [1.165, 1.54) is 20.1 Å². The molecule has 0 radical (unpaired) electrons. The zero-order valence-corrected chi connectivity index (χ0v) is 12.8. The van der Waals surface area contributed by atoms with E-state index in [0.29, 0.717) is 5.56 Å². The van der Waals surface area contributed by atoms with Crippen molar-refractivity contribution in [2.45, 2.75) is 25.8 Å². The van der Waals surface area contributed by atoms with Gasteiger partial charge in [-0.05, 0) is 26.0 Å². The van der Waals surface area contributed by atoms with Gasteiger partial charge in [-0.25, -0.2) is 0 Å². The second-order valence-electron chi connectivity index (χ2n) is 5.38. The topological polar surface area (TPSA) is 90.4 Å². The summed E-state index contributed by atoms with van der Waals surface area (Å²) in [6.45, 7) is 2.54. The van der Waals surface area contributed by atoms with Crippen molar-refractivity contribution in [1.29, 1.82) is 0 Å². The Morgan fingerprint density at radius 1 is 1.04 bits per heavy atom. The molecule has 0 aliphatic heterocycles. The van der Waals surface area contributed by atoms with Gasteiger partial charge in [0.1, 0.15) is 23.2 Å². The largest absolute Gasteiger partial charge is 0.469 e. The summed E-state index contributed by atoms with van der Waals surface area (Å²) in [5, 5.41) is 11.7. The molecular weight excluding hydrogens is 298 g/mol. The SMILES string of the molecule is CC(=O)C(C(C)=O)[C@@H](c1ccco1)[C@H](c1ccccc1)[N+](=O)[O-]. The van der Waals surface area contributed by atoms with Gasteiger partial charge in [-0.3, -0.25) is 19.7 Å². The number of benzene rings is 1. The average Bonchev–Trinajstić information content (AvgIpc) is 3.00. The van der Waals surface area contributed by atoms with Crippen LogP contribution in [0.2, 0.25) is 0 Å². The zero-order chi connectivity index (χ0) is 17.0. The summed E-state index contributed by atoms with van der Waals surface area (Å²) in [6, 6.07) is 10.2. The molecule has 120 valence electrons. The first-order chi connectivity index (χ1) is 10.9. The minimum atomic E-state index is -1.25. The highest BCUT2D eigenvalue weighted by Crippen LogP contribution is 2.40. The quantitative estimate of drug-likeness (QED) is 0.444. The molecule has 23 heavy (non-hydrogen) atoms. The Balaban J connectivity index is 2.61. The van der Waals surface area contributed by atoms with E-state index in [4.69, 9.17) is 4.42 Å². The smallest absolute Gasteiger partial charge is 0.249 e. The van der Waals surface area contributed by atoms with Crippen LogP contribution in [0.1, 0.15) is 37.1 Å². The number of Topliss-reactive ketones (excluding diaryl/α,β-unsaturated/α-hetero) is 2. The Bertz CT molecular complexity index is 679. The number of hydrogen-bond acceptors (Lipinski definition) is 5. The monoisotopic (exact) mass is 315 g/mol. The van der Waals surface area contributed by atoms with Crippen molar-refractivity contribution in [3.8, 4) is 0 Å². The Kier molecular flexibility index (Phi) is 5.05. The van der Waals surface area contributed by atoms with Crippen molar-refractivity contribution in [1.82, 2.24) is 0 Å². The first-order valence-corrected chi connectivity index (χ1v) is 7.16. The summed E-state index contributed by atoms with van der Waals surface area (Å²) >= 11 is 0. The summed E-state index contributed by atoms with van der Waals surface area (Å²) in [5.41, 5.74) is 0.423. The normalized spacial score (nSPS) is 13.5. The van der Waals surface area contributed by atoms with Gasteiger partial charge in [-0.2, -0.15) is 0 Å². The van der Waals surface area contributed by atoms with Crippen molar-refractivity contribution >= 4 is 11.6 Å². The van der Waals surface area contributed by atoms with Gasteiger partial charge in [-0.1, -0.05) is 30.3 Å². The lowest BCUT2D eigenvalue weighted by molar-refractivity contribution is -0.534. The van der Waals surface area contributed by atoms with Crippen molar-refractivity contribution in [3.63, 3.8) is 0 Å². The fourth-order valence-corrected chi connectivity index (χ4v) is 2.89. The summed E-state index contributed by atoms with van der Waals surface area (Å²) in [4.78, 5) is 35.2. The molecule has 0 saturated carbocycles. The van der Waals surface area contributed by atoms with Crippen LogP contribution in [-0.4, -0.2) is 16.5 Å². The van der Waals surface area contributed by atoms with Gasteiger partial charge in [-0.15, -0.1) is 0 Å². The van der Waals surface area contributed by atoms with E-state index < -0.39 is 34.4 Å². The van der Waals surface area contributed by atoms with Crippen molar-refractivity contribution in [3.05, 3.63) is 70.2 Å². The number of hydrogen-bond donors (Lipinski definition) is 0. The molecule has 6 heteroatoms. The van der Waals surface area contributed by atoms with E-state index in [1.54, 1.807) is 42.5 Å². The lowest BCUT2D eigenvalue weighted by Crippen LogP contribution is -2.33. The molecule has 2 aromatic rings. The zero-order valence-electron chi connectivity index (χ0n) is 12.8. The number of nitro groups is 1. The lowest BCUT2D eigenvalue weighted by atomic mass is 9.77. The second kappa shape index (κ2) is 7.00. The van der Waals surface area contributed by atoms with Gasteiger partial charge in [0.25, 0.3) is 0 Å². The highest BCUT2D eigenvalue weighted by atomic mass is 16.6. The van der Waals surface area contributed by atoms with Gasteiger partial charge < -0.3 is 4.42 Å². The summed E-state index contributed by atoms with van der Waals surface area (Å²) < 4.78 is 5.32. The molecule has 0 aliphatic carbocycles. The molecule has 0 fully saturated rings. The Labute approximate surface area is 133 Å². The molecule has 1 heterocycles. The average molecular weight is 315 g/mol. The maximum absolute atomic E-state index is 12.0. The van der Waals surface area contributed by atoms with Crippen LogP contribution < -0.4 is 0 Å². The van der Waals surface area contributed by atoms with Crippen LogP contribution >= 0.6 is 0 Å². The molecule has 6 nitrogen and oxygen atoms in total. The number of carbonyl (C=O) groups excluding carboxylic acids is 2. The molecule has 0 aliphatic rings. The molecule has 1 aromatic heterocycles. The third-order valence-electron chi connectivity index (χ3n) is 3.82. The molecule has 0 bridgehead atoms. The predicted molar refractivity (Wildman–Crippen MR) is 82.5 cm³/mol. The number of ketones is 2. The van der Waals surface area contributed by atoms with E-state index in [1.807, 2.05) is 0 Å². The van der Waals surface area contributed by atoms with Crippen LogP contribution in [0, 0.1) is 16.0 Å². The standard InChI is InChI=1S/C17H17NO5/c1-11(19)15(12(2)20)16(14-9-6-10-23-14)17(18(21)22)13-7-4-3-5-8-13/h3-10,15-17H,1-2H3/t16-,17+/m1/s1. The third-order valence-corrected chi connectivity index (χ3v) is 3.82. The number of furan rings is 1. The van der Waals surface area contributed by atoms with Crippen molar-refractivity contribution in [2.75, 3.05) is 0 Å². The van der Waals surface area contributed by atoms with Crippen LogP contribution in [0.4, 0.5) is 0 Å². The maximum Gasteiger partial charge on any atom is 0.249 e. The van der Waals surface area contributed by atoms with Crippen molar-refractivity contribution in [2.24, 2.45) is 5.92 Å². The molecular formula is C17H17NO5. The van der Waals surface area contributed by atoms with E-state index in [2.05, 4.69) is 0 Å². The van der Waals surface area contributed by atoms with E-state index in [-0.39, 0.29) is 5.76 Å². The maximum atomic E-state index is 12.0. The second-order valence-corrected chi connectivity index (χ2v) is 5.38. The number of rotatable bonds is 7. The fraction of sp³-hybridized carbons (Fsp3) is 0.294.